The number of nitrogens with zero attached hydrogens (tertiary/aromatic N) is 3. The zero-order valence-electron chi connectivity index (χ0n) is 26.8. The van der Waals surface area contributed by atoms with Crippen molar-refractivity contribution in [2.24, 2.45) is 13.0 Å². The van der Waals surface area contributed by atoms with Crippen LogP contribution in [0.15, 0.2) is 42.6 Å². The lowest BCUT2D eigenvalue weighted by molar-refractivity contribution is -0.144. The number of anilines is 1. The number of amides is 2. The van der Waals surface area contributed by atoms with Gasteiger partial charge in [-0.05, 0) is 62.3 Å². The first kappa shape index (κ1) is 33.4. The van der Waals surface area contributed by atoms with Crippen LogP contribution in [-0.4, -0.2) is 94.9 Å². The molecular weight excluding hydrogens is 627 g/mol. The molecule has 2 N–H and O–H groups in total. The number of fused-ring (bicyclic) bond motifs is 1. The summed E-state index contributed by atoms with van der Waals surface area (Å²) in [5.41, 5.74) is 1.62. The Kier molecular flexibility index (Phi) is 10.2. The Morgan fingerprint density at radius 3 is 2.53 bits per heavy atom. The van der Waals surface area contributed by atoms with Crippen molar-refractivity contribution in [3.05, 3.63) is 64.6 Å². The second-order valence-electron chi connectivity index (χ2n) is 13.1. The molecule has 0 bridgehead atoms. The van der Waals surface area contributed by atoms with Crippen LogP contribution in [0, 0.1) is 11.7 Å². The summed E-state index contributed by atoms with van der Waals surface area (Å²) in [5.74, 6) is -2.34. The standard InChI is InChI=1S/C35H42ClFN4O6/c1-39-18-28(27-5-3-4-6-32(27)39)34(43)38-31-16-30(37)22(13-29(31)36)14-33(42)41-17-24(40-12-11-23(40)19-46-2)15-25(41)20-47-26-9-7-21(8-10-26)35(44)45/h3-6,13,16,18,21,23-26H,7-12,14-15,17,19-20H2,1-2H3,(H,38,43)(H,44,45)/t21?,23-,24-,25-,26?/m0/s1. The number of halogens is 2. The number of aryl methyl sites for hydroxylation is 1. The number of benzene rings is 2. The highest BCUT2D eigenvalue weighted by Gasteiger charge is 2.43. The lowest BCUT2D eigenvalue weighted by atomic mass is 9.87. The van der Waals surface area contributed by atoms with Crippen molar-refractivity contribution in [3.63, 3.8) is 0 Å². The maximum absolute atomic E-state index is 15.5. The third-order valence-corrected chi connectivity index (χ3v) is 10.5. The molecule has 0 spiro atoms. The Morgan fingerprint density at radius 1 is 1.06 bits per heavy atom. The fourth-order valence-corrected chi connectivity index (χ4v) is 7.66. The molecular formula is C35H42ClFN4O6. The smallest absolute Gasteiger partial charge is 0.306 e. The number of nitrogens with one attached hydrogen (secondary N) is 1. The molecule has 0 unspecified atom stereocenters. The summed E-state index contributed by atoms with van der Waals surface area (Å²) in [6.07, 6.45) is 5.79. The lowest BCUT2D eigenvalue weighted by Crippen LogP contribution is -2.56. The van der Waals surface area contributed by atoms with Gasteiger partial charge >= 0.3 is 5.97 Å². The number of aromatic nitrogens is 1. The van der Waals surface area contributed by atoms with Crippen LogP contribution >= 0.6 is 11.6 Å². The van der Waals surface area contributed by atoms with Gasteiger partial charge in [0.2, 0.25) is 5.91 Å². The monoisotopic (exact) mass is 668 g/mol. The van der Waals surface area contributed by atoms with Crippen molar-refractivity contribution in [1.82, 2.24) is 14.4 Å². The topological polar surface area (TPSA) is 113 Å². The van der Waals surface area contributed by atoms with Crippen LogP contribution in [-0.2, 0) is 32.5 Å². The molecule has 2 saturated heterocycles. The minimum absolute atomic E-state index is 0.0419. The molecule has 1 saturated carbocycles. The van der Waals surface area contributed by atoms with Crippen LogP contribution in [0.5, 0.6) is 0 Å². The number of methoxy groups -OCH3 is 1. The Labute approximate surface area is 278 Å². The van der Waals surface area contributed by atoms with E-state index < -0.39 is 17.7 Å². The largest absolute Gasteiger partial charge is 0.481 e. The Bertz CT molecular complexity index is 1640. The number of likely N-dealkylation sites (tertiary alicyclic amines) is 2. The van der Waals surface area contributed by atoms with Gasteiger partial charge in [0.25, 0.3) is 5.91 Å². The van der Waals surface area contributed by atoms with Gasteiger partial charge < -0.3 is 29.4 Å². The van der Waals surface area contributed by atoms with E-state index in [1.807, 2.05) is 35.9 Å². The number of rotatable bonds is 11. The van der Waals surface area contributed by atoms with Gasteiger partial charge in [-0.3, -0.25) is 19.3 Å². The second kappa shape index (κ2) is 14.3. The third-order valence-electron chi connectivity index (χ3n) is 10.1. The number of carbonyl (C=O) groups is 3. The summed E-state index contributed by atoms with van der Waals surface area (Å²) < 4.78 is 29.0. The number of hydrogen-bond donors (Lipinski definition) is 2. The quantitative estimate of drug-likeness (QED) is 0.292. The van der Waals surface area contributed by atoms with E-state index in [0.717, 1.165) is 30.3 Å². The second-order valence-corrected chi connectivity index (χ2v) is 13.5. The molecule has 47 heavy (non-hydrogen) atoms. The van der Waals surface area contributed by atoms with Crippen LogP contribution in [0.1, 0.15) is 54.4 Å². The van der Waals surface area contributed by atoms with Gasteiger partial charge in [-0.25, -0.2) is 4.39 Å². The molecule has 12 heteroatoms. The van der Waals surface area contributed by atoms with E-state index in [0.29, 0.717) is 57.0 Å². The van der Waals surface area contributed by atoms with Crippen molar-refractivity contribution in [2.75, 3.05) is 38.7 Å². The summed E-state index contributed by atoms with van der Waals surface area (Å²) in [4.78, 5) is 42.5. The predicted molar refractivity (Wildman–Crippen MR) is 176 cm³/mol. The summed E-state index contributed by atoms with van der Waals surface area (Å²) in [5, 5.41) is 13.0. The fraction of sp³-hybridized carbons (Fsp3) is 0.514. The van der Waals surface area contributed by atoms with Crippen molar-refractivity contribution < 1.29 is 33.4 Å². The number of carbonyl (C=O) groups excluding carboxylic acids is 2. The Morgan fingerprint density at radius 2 is 1.83 bits per heavy atom. The van der Waals surface area contributed by atoms with Crippen molar-refractivity contribution >= 4 is 46.0 Å². The molecule has 2 amide bonds. The summed E-state index contributed by atoms with van der Waals surface area (Å²) in [7, 11) is 3.54. The van der Waals surface area contributed by atoms with Gasteiger partial charge in [0.1, 0.15) is 5.82 Å². The molecule has 3 fully saturated rings. The molecule has 1 aliphatic carbocycles. The average Bonchev–Trinajstić information content (AvgIpc) is 3.61. The zero-order valence-corrected chi connectivity index (χ0v) is 27.5. The molecule has 3 aliphatic rings. The van der Waals surface area contributed by atoms with E-state index in [2.05, 4.69) is 10.2 Å². The van der Waals surface area contributed by atoms with E-state index >= 15 is 4.39 Å². The minimum Gasteiger partial charge on any atom is -0.481 e. The molecule has 3 atom stereocenters. The number of carboxylic acid groups (broad SMARTS) is 1. The Hall–Kier alpha value is -3.51. The third kappa shape index (κ3) is 7.18. The van der Waals surface area contributed by atoms with Gasteiger partial charge in [-0.2, -0.15) is 0 Å². The lowest BCUT2D eigenvalue weighted by Gasteiger charge is -2.44. The van der Waals surface area contributed by atoms with Crippen molar-refractivity contribution in [3.8, 4) is 0 Å². The maximum Gasteiger partial charge on any atom is 0.306 e. The first-order valence-corrected chi connectivity index (χ1v) is 16.7. The van der Waals surface area contributed by atoms with Crippen molar-refractivity contribution in [1.29, 1.82) is 0 Å². The summed E-state index contributed by atoms with van der Waals surface area (Å²) >= 11 is 6.54. The average molecular weight is 669 g/mol. The number of ether oxygens (including phenoxy) is 2. The number of hydrogen-bond acceptors (Lipinski definition) is 6. The van der Waals surface area contributed by atoms with E-state index in [4.69, 9.17) is 21.1 Å². The molecule has 252 valence electrons. The van der Waals surface area contributed by atoms with Crippen LogP contribution in [0.3, 0.4) is 0 Å². The molecule has 3 heterocycles. The van der Waals surface area contributed by atoms with Crippen LogP contribution < -0.4 is 5.32 Å². The Balaban J connectivity index is 1.13. The molecule has 1 aromatic heterocycles. The van der Waals surface area contributed by atoms with Crippen molar-refractivity contribution in [2.45, 2.75) is 69.2 Å². The highest BCUT2D eigenvalue weighted by atomic mass is 35.5. The number of aliphatic carboxylic acids is 1. The highest BCUT2D eigenvalue weighted by Crippen LogP contribution is 2.33. The van der Waals surface area contributed by atoms with E-state index in [9.17, 15) is 19.5 Å². The molecule has 3 aromatic rings. The van der Waals surface area contributed by atoms with Gasteiger partial charge in [0.15, 0.2) is 0 Å². The van der Waals surface area contributed by atoms with Crippen LogP contribution in [0.4, 0.5) is 10.1 Å². The molecule has 0 radical (unpaired) electrons. The van der Waals surface area contributed by atoms with Crippen LogP contribution in [0.2, 0.25) is 5.02 Å². The fourth-order valence-electron chi connectivity index (χ4n) is 7.43. The van der Waals surface area contributed by atoms with E-state index in [1.54, 1.807) is 18.2 Å². The number of carboxylic acids is 1. The van der Waals surface area contributed by atoms with E-state index in [1.165, 1.54) is 12.1 Å². The van der Waals surface area contributed by atoms with Gasteiger partial charge in [-0.1, -0.05) is 29.8 Å². The normalized spacial score (nSPS) is 24.8. The minimum atomic E-state index is -0.758. The number of para-hydroxylation sites is 1. The SMILES string of the molecule is COC[C@@H]1CCN1[C@H]1C[C@@H](COC2CCC(C(=O)O)CC2)N(C(=O)Cc2cc(Cl)c(NC(=O)c3cn(C)c4ccccc34)cc2F)C1. The maximum atomic E-state index is 15.5. The molecule has 6 rings (SSSR count). The molecule has 2 aromatic carbocycles. The first-order valence-electron chi connectivity index (χ1n) is 16.3. The highest BCUT2D eigenvalue weighted by molar-refractivity contribution is 6.34. The first-order chi connectivity index (χ1) is 22.6. The molecule has 10 nitrogen and oxygen atoms in total. The predicted octanol–water partition coefficient (Wildman–Crippen LogP) is 5.12. The van der Waals surface area contributed by atoms with Crippen LogP contribution in [0.25, 0.3) is 10.9 Å². The zero-order chi connectivity index (χ0) is 33.2. The van der Waals surface area contributed by atoms with Gasteiger partial charge in [-0.15, -0.1) is 0 Å². The molecule has 2 aliphatic heterocycles. The summed E-state index contributed by atoms with van der Waals surface area (Å²) in [6, 6.07) is 10.4. The van der Waals surface area contributed by atoms with Gasteiger partial charge in [0.05, 0.1) is 54.0 Å². The summed E-state index contributed by atoms with van der Waals surface area (Å²) in [6.45, 7) is 2.42. The van der Waals surface area contributed by atoms with E-state index in [-0.39, 0.29) is 52.7 Å². The van der Waals surface area contributed by atoms with Gasteiger partial charge in [0, 0.05) is 56.4 Å².